The van der Waals surface area contributed by atoms with E-state index in [0.717, 1.165) is 0 Å². The van der Waals surface area contributed by atoms with Gasteiger partial charge in [-0.05, 0) is 17.4 Å². The Morgan fingerprint density at radius 1 is 1.18 bits per heavy atom. The van der Waals surface area contributed by atoms with Crippen molar-refractivity contribution < 1.29 is 9.53 Å². The average molecular weight is 233 g/mol. The van der Waals surface area contributed by atoms with Crippen molar-refractivity contribution in [2.45, 2.75) is 25.9 Å². The van der Waals surface area contributed by atoms with Crippen LogP contribution in [0, 0.1) is 11.8 Å². The zero-order valence-electron chi connectivity index (χ0n) is 10.5. The van der Waals surface area contributed by atoms with Crippen LogP contribution in [0.4, 0.5) is 0 Å². The number of carbonyl (C=O) groups excluding carboxylic acids is 1. The van der Waals surface area contributed by atoms with E-state index in [1.807, 2.05) is 18.2 Å². The molecule has 1 aliphatic rings. The molecule has 1 N–H and O–H groups in total. The highest BCUT2D eigenvalue weighted by molar-refractivity contribution is 5.76. The molecule has 0 aliphatic carbocycles. The Balaban J connectivity index is 2.20. The number of methoxy groups -OCH3 is 1. The van der Waals surface area contributed by atoms with E-state index in [9.17, 15) is 4.79 Å². The lowest BCUT2D eigenvalue weighted by Crippen LogP contribution is -2.36. The van der Waals surface area contributed by atoms with E-state index in [1.54, 1.807) is 0 Å². The lowest BCUT2D eigenvalue weighted by molar-refractivity contribution is -0.143. The summed E-state index contributed by atoms with van der Waals surface area (Å²) < 4.78 is 4.84. The van der Waals surface area contributed by atoms with Crippen molar-refractivity contribution in [2.24, 2.45) is 11.8 Å². The largest absolute Gasteiger partial charge is 0.468 e. The summed E-state index contributed by atoms with van der Waals surface area (Å²) >= 11 is 0. The van der Waals surface area contributed by atoms with Crippen LogP contribution in [0.1, 0.15) is 25.5 Å². The molecular weight excluding hydrogens is 214 g/mol. The van der Waals surface area contributed by atoms with Crippen molar-refractivity contribution in [3.05, 3.63) is 35.9 Å². The van der Waals surface area contributed by atoms with Gasteiger partial charge in [-0.2, -0.15) is 0 Å². The fourth-order valence-electron chi connectivity index (χ4n) is 2.57. The van der Waals surface area contributed by atoms with Gasteiger partial charge in [-0.1, -0.05) is 44.2 Å². The van der Waals surface area contributed by atoms with Gasteiger partial charge in [-0.15, -0.1) is 0 Å². The van der Waals surface area contributed by atoms with Crippen molar-refractivity contribution in [2.75, 3.05) is 7.11 Å². The number of hydrogen-bond acceptors (Lipinski definition) is 3. The molecule has 3 nitrogen and oxygen atoms in total. The number of nitrogens with one attached hydrogen (secondary N) is 1. The predicted octanol–water partition coefficient (Wildman–Crippen LogP) is 2.14. The SMILES string of the molecule is COC(=O)[C@@H]1N[C@H](c2ccccc2)C(C)C1C. The topological polar surface area (TPSA) is 38.3 Å². The van der Waals surface area contributed by atoms with Gasteiger partial charge < -0.3 is 4.74 Å². The predicted molar refractivity (Wildman–Crippen MR) is 66.5 cm³/mol. The number of carbonyl (C=O) groups is 1. The summed E-state index contributed by atoms with van der Waals surface area (Å²) in [6, 6.07) is 10.3. The molecule has 0 bridgehead atoms. The number of benzene rings is 1. The van der Waals surface area contributed by atoms with Crippen LogP contribution >= 0.6 is 0 Å². The van der Waals surface area contributed by atoms with E-state index in [0.29, 0.717) is 5.92 Å². The van der Waals surface area contributed by atoms with Gasteiger partial charge in [0.1, 0.15) is 6.04 Å². The molecule has 17 heavy (non-hydrogen) atoms. The van der Waals surface area contributed by atoms with E-state index in [2.05, 4.69) is 31.3 Å². The zero-order chi connectivity index (χ0) is 12.4. The quantitative estimate of drug-likeness (QED) is 0.795. The van der Waals surface area contributed by atoms with Crippen LogP contribution in [0.5, 0.6) is 0 Å². The molecule has 1 fully saturated rings. The maximum Gasteiger partial charge on any atom is 0.323 e. The molecule has 0 aromatic heterocycles. The Bertz CT molecular complexity index is 390. The highest BCUT2D eigenvalue weighted by Crippen LogP contribution is 2.36. The Morgan fingerprint density at radius 2 is 1.82 bits per heavy atom. The van der Waals surface area contributed by atoms with Gasteiger partial charge in [0.2, 0.25) is 0 Å². The first-order valence-corrected chi connectivity index (χ1v) is 6.04. The Labute approximate surface area is 102 Å². The second kappa shape index (κ2) is 4.88. The van der Waals surface area contributed by atoms with E-state index < -0.39 is 0 Å². The number of ether oxygens (including phenoxy) is 1. The van der Waals surface area contributed by atoms with E-state index >= 15 is 0 Å². The molecule has 1 aliphatic heterocycles. The van der Waals surface area contributed by atoms with E-state index in [-0.39, 0.29) is 24.0 Å². The Kier molecular flexibility index (Phi) is 3.48. The van der Waals surface area contributed by atoms with Crippen LogP contribution in [0.15, 0.2) is 30.3 Å². The third-order valence-electron chi connectivity index (χ3n) is 3.85. The molecule has 1 aromatic carbocycles. The van der Waals surface area contributed by atoms with Gasteiger partial charge >= 0.3 is 5.97 Å². The number of esters is 1. The minimum Gasteiger partial charge on any atom is -0.468 e. The number of hydrogen-bond donors (Lipinski definition) is 1. The summed E-state index contributed by atoms with van der Waals surface area (Å²) in [4.78, 5) is 11.7. The molecule has 92 valence electrons. The van der Waals surface area contributed by atoms with Crippen LogP contribution in [-0.2, 0) is 9.53 Å². The third kappa shape index (κ3) is 2.20. The first-order chi connectivity index (χ1) is 8.15. The minimum absolute atomic E-state index is 0.164. The van der Waals surface area contributed by atoms with Gasteiger partial charge in [0.25, 0.3) is 0 Å². The number of rotatable bonds is 2. The van der Waals surface area contributed by atoms with Crippen molar-refractivity contribution in [1.29, 1.82) is 0 Å². The maximum absolute atomic E-state index is 11.7. The minimum atomic E-state index is -0.194. The molecular formula is C14H19NO2. The lowest BCUT2D eigenvalue weighted by atomic mass is 9.87. The molecule has 1 aromatic rings. The smallest absolute Gasteiger partial charge is 0.323 e. The highest BCUT2D eigenvalue weighted by Gasteiger charge is 2.42. The fourth-order valence-corrected chi connectivity index (χ4v) is 2.57. The van der Waals surface area contributed by atoms with Crippen LogP contribution < -0.4 is 5.32 Å². The molecule has 2 rings (SSSR count). The second-order valence-corrected chi connectivity index (χ2v) is 4.77. The molecule has 0 amide bonds. The highest BCUT2D eigenvalue weighted by atomic mass is 16.5. The first kappa shape index (κ1) is 12.1. The molecule has 0 spiro atoms. The summed E-state index contributed by atoms with van der Waals surface area (Å²) in [6.07, 6.45) is 0. The molecule has 4 atom stereocenters. The standard InChI is InChI=1S/C14H19NO2/c1-9-10(2)13(14(16)17-3)15-12(9)11-7-5-4-6-8-11/h4-10,12-13,15H,1-3H3/t9?,10?,12-,13+/m0/s1. The lowest BCUT2D eigenvalue weighted by Gasteiger charge is -2.17. The van der Waals surface area contributed by atoms with Crippen molar-refractivity contribution in [1.82, 2.24) is 5.32 Å². The summed E-state index contributed by atoms with van der Waals surface area (Å²) in [7, 11) is 1.44. The van der Waals surface area contributed by atoms with Gasteiger partial charge in [0.05, 0.1) is 7.11 Å². The second-order valence-electron chi connectivity index (χ2n) is 4.77. The summed E-state index contributed by atoms with van der Waals surface area (Å²) in [5.41, 5.74) is 1.23. The first-order valence-electron chi connectivity index (χ1n) is 6.04. The Morgan fingerprint density at radius 3 is 2.41 bits per heavy atom. The normalized spacial score (nSPS) is 32.4. The van der Waals surface area contributed by atoms with Crippen LogP contribution in [0.25, 0.3) is 0 Å². The van der Waals surface area contributed by atoms with Crippen molar-refractivity contribution >= 4 is 5.97 Å². The van der Waals surface area contributed by atoms with Crippen LogP contribution in [-0.4, -0.2) is 19.1 Å². The van der Waals surface area contributed by atoms with Crippen molar-refractivity contribution in [3.8, 4) is 0 Å². The summed E-state index contributed by atoms with van der Waals surface area (Å²) in [6.45, 7) is 4.28. The van der Waals surface area contributed by atoms with Crippen LogP contribution in [0.3, 0.4) is 0 Å². The summed E-state index contributed by atoms with van der Waals surface area (Å²) in [5, 5.41) is 3.38. The van der Waals surface area contributed by atoms with Gasteiger partial charge in [-0.25, -0.2) is 0 Å². The van der Waals surface area contributed by atoms with E-state index in [4.69, 9.17) is 4.74 Å². The monoisotopic (exact) mass is 233 g/mol. The van der Waals surface area contributed by atoms with Crippen LogP contribution in [0.2, 0.25) is 0 Å². The molecule has 0 saturated carbocycles. The summed E-state index contributed by atoms with van der Waals surface area (Å²) in [5.74, 6) is 0.539. The average Bonchev–Trinajstić information content (AvgIpc) is 2.67. The van der Waals surface area contributed by atoms with Gasteiger partial charge in [0.15, 0.2) is 0 Å². The maximum atomic E-state index is 11.7. The Hall–Kier alpha value is -1.35. The van der Waals surface area contributed by atoms with E-state index in [1.165, 1.54) is 12.7 Å². The molecule has 2 unspecified atom stereocenters. The third-order valence-corrected chi connectivity index (χ3v) is 3.85. The molecule has 1 heterocycles. The van der Waals surface area contributed by atoms with Gasteiger partial charge in [0, 0.05) is 6.04 Å². The van der Waals surface area contributed by atoms with Gasteiger partial charge in [-0.3, -0.25) is 10.1 Å². The fraction of sp³-hybridized carbons (Fsp3) is 0.500. The molecule has 1 saturated heterocycles. The molecule has 3 heteroatoms. The van der Waals surface area contributed by atoms with Crippen molar-refractivity contribution in [3.63, 3.8) is 0 Å². The zero-order valence-corrected chi connectivity index (χ0v) is 10.5. The molecule has 0 radical (unpaired) electrons.